The number of fused-ring (bicyclic) bond motifs is 1. The Kier molecular flexibility index (Phi) is 4.84. The van der Waals surface area contributed by atoms with Gasteiger partial charge in [-0.1, -0.05) is 36.4 Å². The van der Waals surface area contributed by atoms with Crippen LogP contribution in [0.5, 0.6) is 11.6 Å². The van der Waals surface area contributed by atoms with Crippen molar-refractivity contribution in [1.29, 1.82) is 0 Å². The number of ether oxygens (including phenoxy) is 2. The van der Waals surface area contributed by atoms with Crippen LogP contribution in [-0.4, -0.2) is 24.4 Å². The monoisotopic (exact) mass is 392 g/mol. The largest absolute Gasteiger partial charge is 0.497 e. The Bertz CT molecular complexity index is 1200. The first-order chi connectivity index (χ1) is 14.0. The van der Waals surface area contributed by atoms with E-state index in [0.29, 0.717) is 11.3 Å². The van der Waals surface area contributed by atoms with E-state index in [1.807, 2.05) is 42.5 Å². The minimum Gasteiger partial charge on any atom is -0.497 e. The molecule has 0 unspecified atom stereocenters. The first-order valence-electron chi connectivity index (χ1n) is 8.97. The summed E-state index contributed by atoms with van der Waals surface area (Å²) in [6.45, 7) is 1.75. The first-order valence-corrected chi connectivity index (χ1v) is 8.97. The molecule has 0 saturated carbocycles. The third kappa shape index (κ3) is 3.27. The van der Waals surface area contributed by atoms with E-state index < -0.39 is 11.6 Å². The quantitative estimate of drug-likeness (QED) is 0.456. The smallest absolute Gasteiger partial charge is 0.241 e. The molecule has 0 aliphatic carbocycles. The number of aryl methyl sites for hydroxylation is 1. The van der Waals surface area contributed by atoms with E-state index in [1.54, 1.807) is 6.92 Å². The Morgan fingerprint density at radius 2 is 1.41 bits per heavy atom. The van der Waals surface area contributed by atoms with Crippen LogP contribution in [0.25, 0.3) is 33.0 Å². The van der Waals surface area contributed by atoms with Crippen molar-refractivity contribution in [2.24, 2.45) is 0 Å². The highest BCUT2D eigenvalue weighted by Crippen LogP contribution is 2.42. The van der Waals surface area contributed by atoms with Crippen molar-refractivity contribution in [3.05, 3.63) is 71.9 Å². The van der Waals surface area contributed by atoms with Gasteiger partial charge in [0.1, 0.15) is 17.4 Å². The van der Waals surface area contributed by atoms with Gasteiger partial charge in [-0.15, -0.1) is 5.10 Å². The van der Waals surface area contributed by atoms with Gasteiger partial charge in [0.2, 0.25) is 5.88 Å². The molecule has 0 aliphatic heterocycles. The molecule has 0 bridgehead atoms. The molecule has 0 fully saturated rings. The highest BCUT2D eigenvalue weighted by molar-refractivity contribution is 5.93. The maximum Gasteiger partial charge on any atom is 0.241 e. The lowest BCUT2D eigenvalue weighted by Crippen LogP contribution is -2.03. The van der Waals surface area contributed by atoms with Crippen molar-refractivity contribution in [3.8, 4) is 33.9 Å². The molecule has 0 atom stereocenters. The number of aromatic nitrogens is 2. The predicted molar refractivity (Wildman–Crippen MR) is 108 cm³/mol. The Labute approximate surface area is 166 Å². The summed E-state index contributed by atoms with van der Waals surface area (Å²) in [6.07, 6.45) is 0. The van der Waals surface area contributed by atoms with E-state index in [9.17, 15) is 8.78 Å². The number of benzene rings is 3. The fraction of sp³-hybridized carbons (Fsp3) is 0.130. The zero-order valence-electron chi connectivity index (χ0n) is 16.2. The highest BCUT2D eigenvalue weighted by Gasteiger charge is 2.25. The van der Waals surface area contributed by atoms with Crippen LogP contribution in [0.15, 0.2) is 54.6 Å². The fourth-order valence-corrected chi connectivity index (χ4v) is 3.49. The van der Waals surface area contributed by atoms with Crippen molar-refractivity contribution in [2.75, 3.05) is 14.2 Å². The fourth-order valence-electron chi connectivity index (χ4n) is 3.49. The second kappa shape index (κ2) is 7.47. The standard InChI is InChI=1S/C23H18F2N2O2/c1-13-20(16-9-8-14-6-4-5-7-15(14)10-16)22(23(29-3)27-26-13)21-18(24)11-17(28-2)12-19(21)25/h4-12H,1-3H3. The third-order valence-corrected chi connectivity index (χ3v) is 4.85. The second-order valence-corrected chi connectivity index (χ2v) is 6.57. The van der Waals surface area contributed by atoms with Crippen LogP contribution in [0.3, 0.4) is 0 Å². The van der Waals surface area contributed by atoms with E-state index in [2.05, 4.69) is 10.2 Å². The number of halogens is 2. The predicted octanol–water partition coefficient (Wildman–Crippen LogP) is 5.57. The summed E-state index contributed by atoms with van der Waals surface area (Å²) >= 11 is 0. The van der Waals surface area contributed by atoms with Gasteiger partial charge in [-0.25, -0.2) is 8.78 Å². The van der Waals surface area contributed by atoms with Crippen LogP contribution < -0.4 is 9.47 Å². The zero-order chi connectivity index (χ0) is 20.5. The van der Waals surface area contributed by atoms with Gasteiger partial charge in [0.25, 0.3) is 0 Å². The molecule has 146 valence electrons. The van der Waals surface area contributed by atoms with Crippen LogP contribution >= 0.6 is 0 Å². The lowest BCUT2D eigenvalue weighted by molar-refractivity contribution is 0.392. The molecule has 1 heterocycles. The second-order valence-electron chi connectivity index (χ2n) is 6.57. The molecule has 0 aliphatic rings. The summed E-state index contributed by atoms with van der Waals surface area (Å²) in [4.78, 5) is 0. The number of rotatable bonds is 4. The molecule has 29 heavy (non-hydrogen) atoms. The average Bonchev–Trinajstić information content (AvgIpc) is 2.73. The average molecular weight is 392 g/mol. The van der Waals surface area contributed by atoms with Crippen LogP contribution in [0.1, 0.15) is 5.69 Å². The van der Waals surface area contributed by atoms with Crippen molar-refractivity contribution < 1.29 is 18.3 Å². The van der Waals surface area contributed by atoms with Gasteiger partial charge >= 0.3 is 0 Å². The SMILES string of the molecule is COc1cc(F)c(-c2c(OC)nnc(C)c2-c2ccc3ccccc3c2)c(F)c1. The molecule has 1 aromatic heterocycles. The van der Waals surface area contributed by atoms with Crippen LogP contribution in [0.2, 0.25) is 0 Å². The van der Waals surface area contributed by atoms with E-state index in [4.69, 9.17) is 9.47 Å². The van der Waals surface area contributed by atoms with Crippen molar-refractivity contribution >= 4 is 10.8 Å². The summed E-state index contributed by atoms with van der Waals surface area (Å²) in [5.74, 6) is -1.40. The summed E-state index contributed by atoms with van der Waals surface area (Å²) in [5, 5.41) is 10.2. The summed E-state index contributed by atoms with van der Waals surface area (Å²) in [6, 6.07) is 16.0. The topological polar surface area (TPSA) is 44.2 Å². The zero-order valence-corrected chi connectivity index (χ0v) is 16.2. The molecular weight excluding hydrogens is 374 g/mol. The van der Waals surface area contributed by atoms with Crippen molar-refractivity contribution in [3.63, 3.8) is 0 Å². The van der Waals surface area contributed by atoms with E-state index in [0.717, 1.165) is 28.5 Å². The maximum absolute atomic E-state index is 15.0. The summed E-state index contributed by atoms with van der Waals surface area (Å²) < 4.78 is 40.2. The first kappa shape index (κ1) is 18.8. The molecular formula is C23H18F2N2O2. The maximum atomic E-state index is 15.0. The van der Waals surface area contributed by atoms with Crippen LogP contribution in [-0.2, 0) is 0 Å². The number of hydrogen-bond acceptors (Lipinski definition) is 4. The van der Waals surface area contributed by atoms with Gasteiger partial charge in [0.15, 0.2) is 0 Å². The van der Waals surface area contributed by atoms with Crippen LogP contribution in [0, 0.1) is 18.6 Å². The van der Waals surface area contributed by atoms with Crippen molar-refractivity contribution in [1.82, 2.24) is 10.2 Å². The van der Waals surface area contributed by atoms with Gasteiger partial charge in [0.05, 0.1) is 31.0 Å². The van der Waals surface area contributed by atoms with Gasteiger partial charge in [0, 0.05) is 17.7 Å². The van der Waals surface area contributed by atoms with E-state index in [1.165, 1.54) is 14.2 Å². The Hall–Kier alpha value is -3.54. The molecule has 0 N–H and O–H groups in total. The Morgan fingerprint density at radius 1 is 0.724 bits per heavy atom. The summed E-state index contributed by atoms with van der Waals surface area (Å²) in [5.41, 5.74) is 1.84. The number of nitrogens with zero attached hydrogens (tertiary/aromatic N) is 2. The lowest BCUT2D eigenvalue weighted by atomic mass is 9.92. The molecule has 3 aromatic carbocycles. The number of methoxy groups -OCH3 is 2. The molecule has 4 rings (SSSR count). The molecule has 0 radical (unpaired) electrons. The Balaban J connectivity index is 2.06. The molecule has 0 amide bonds. The molecule has 0 saturated heterocycles. The van der Waals surface area contributed by atoms with Gasteiger partial charge in [-0.05, 0) is 29.3 Å². The highest BCUT2D eigenvalue weighted by atomic mass is 19.1. The van der Waals surface area contributed by atoms with Gasteiger partial charge < -0.3 is 9.47 Å². The minimum absolute atomic E-state index is 0.0433. The molecule has 0 spiro atoms. The van der Waals surface area contributed by atoms with Crippen molar-refractivity contribution in [2.45, 2.75) is 6.92 Å². The third-order valence-electron chi connectivity index (χ3n) is 4.85. The van der Waals surface area contributed by atoms with Gasteiger partial charge in [-0.3, -0.25) is 0 Å². The van der Waals surface area contributed by atoms with E-state index >= 15 is 0 Å². The van der Waals surface area contributed by atoms with Crippen LogP contribution in [0.4, 0.5) is 8.78 Å². The summed E-state index contributed by atoms with van der Waals surface area (Å²) in [7, 11) is 2.75. The minimum atomic E-state index is -0.769. The molecule has 4 nitrogen and oxygen atoms in total. The lowest BCUT2D eigenvalue weighted by Gasteiger charge is -2.17. The molecule has 4 aromatic rings. The van der Waals surface area contributed by atoms with E-state index in [-0.39, 0.29) is 22.8 Å². The Morgan fingerprint density at radius 3 is 2.07 bits per heavy atom. The number of hydrogen-bond donors (Lipinski definition) is 0. The normalized spacial score (nSPS) is 10.9. The van der Waals surface area contributed by atoms with Gasteiger partial charge in [-0.2, -0.15) is 5.10 Å². The molecule has 6 heteroatoms.